The van der Waals surface area contributed by atoms with E-state index < -0.39 is 40.9 Å². The predicted octanol–water partition coefficient (Wildman–Crippen LogP) is 3.73. The number of thiazole rings is 1. The molecule has 15 heteroatoms. The van der Waals surface area contributed by atoms with Crippen molar-refractivity contribution in [3.63, 3.8) is 0 Å². The second kappa shape index (κ2) is 12.3. The second-order valence-corrected chi connectivity index (χ2v) is 14.0. The first-order valence-electron chi connectivity index (χ1n) is 14.4. The highest BCUT2D eigenvalue weighted by Gasteiger charge is 2.66. The number of aromatic nitrogens is 1. The number of β-lactam (4-membered cyclic amide) rings is 1. The molecule has 1 fully saturated rings. The summed E-state index contributed by atoms with van der Waals surface area (Å²) in [6, 6.07) is 17.6. The zero-order chi connectivity index (χ0) is 32.9. The van der Waals surface area contributed by atoms with Crippen molar-refractivity contribution in [2.24, 2.45) is 4.99 Å². The third-order valence-electron chi connectivity index (χ3n) is 8.04. The van der Waals surface area contributed by atoms with Crippen LogP contribution in [0.3, 0.4) is 0 Å². The number of methoxy groups -OCH3 is 1. The highest BCUT2D eigenvalue weighted by molar-refractivity contribution is 8.15. The lowest BCUT2D eigenvalue weighted by Gasteiger charge is -2.55. The molecule has 0 bridgehead atoms. The Morgan fingerprint density at radius 3 is 2.64 bits per heavy atom. The van der Waals surface area contributed by atoms with Crippen LogP contribution < -0.4 is 10.1 Å². The number of ether oxygens (including phenoxy) is 2. The van der Waals surface area contributed by atoms with Gasteiger partial charge in [-0.3, -0.25) is 19.5 Å². The summed E-state index contributed by atoms with van der Waals surface area (Å²) in [6.07, 6.45) is 0.0420. The number of aliphatic carboxylic acids is 2. The third-order valence-corrected chi connectivity index (χ3v) is 11.7. The first kappa shape index (κ1) is 31.2. The van der Waals surface area contributed by atoms with Crippen LogP contribution >= 0.6 is 34.9 Å². The number of nitrogens with one attached hydrogen (secondary N) is 1. The molecule has 1 aromatic heterocycles. The Hall–Kier alpha value is -4.44. The van der Waals surface area contributed by atoms with Crippen LogP contribution in [0.1, 0.15) is 10.6 Å². The Bertz CT molecular complexity index is 2030. The molecule has 2 amide bonds. The van der Waals surface area contributed by atoms with E-state index in [0.29, 0.717) is 27.1 Å². The lowest BCUT2D eigenvalue weighted by Crippen LogP contribution is -2.80. The molecule has 4 heterocycles. The number of rotatable bonds is 10. The van der Waals surface area contributed by atoms with Gasteiger partial charge in [-0.1, -0.05) is 36.4 Å². The molecule has 2 unspecified atom stereocenters. The Kier molecular flexibility index (Phi) is 8.16. The quantitative estimate of drug-likeness (QED) is 0.164. The number of benzene rings is 3. The Balaban J connectivity index is 1.08. The van der Waals surface area contributed by atoms with E-state index in [4.69, 9.17) is 9.47 Å². The summed E-state index contributed by atoms with van der Waals surface area (Å²) in [6.45, 7) is -0.0638. The molecule has 0 spiro atoms. The number of carboxylic acid groups (broad SMARTS) is 2. The molecule has 0 aliphatic carbocycles. The fourth-order valence-corrected chi connectivity index (χ4v) is 9.37. The number of amides is 2. The van der Waals surface area contributed by atoms with Gasteiger partial charge in [-0.05, 0) is 35.2 Å². The lowest BCUT2D eigenvalue weighted by molar-refractivity contribution is -0.192. The van der Waals surface area contributed by atoms with Crippen molar-refractivity contribution in [2.75, 3.05) is 25.2 Å². The monoisotopic (exact) mass is 690 g/mol. The van der Waals surface area contributed by atoms with E-state index >= 15 is 0 Å². The average Bonchev–Trinajstić information content (AvgIpc) is 3.74. The van der Waals surface area contributed by atoms with Crippen molar-refractivity contribution < 1.29 is 38.9 Å². The molecule has 0 saturated carbocycles. The van der Waals surface area contributed by atoms with Gasteiger partial charge in [0.2, 0.25) is 5.91 Å². The summed E-state index contributed by atoms with van der Waals surface area (Å²) in [7, 11) is 1.32. The number of hydrogen-bond donors (Lipinski definition) is 3. The zero-order valence-electron chi connectivity index (χ0n) is 24.7. The van der Waals surface area contributed by atoms with Gasteiger partial charge in [0.05, 0.1) is 16.6 Å². The SMILES string of the molecule is CO[C@@]1(NC(=O)Cc2ccccc2)C(=O)N2C(C(=O)O)=C(COc3ccc4c(ccc5nc(C6=NC(C(=O)O)CS6)sc54)c3)CSC21. The smallest absolute Gasteiger partial charge is 0.352 e. The van der Waals surface area contributed by atoms with Crippen molar-refractivity contribution in [1.82, 2.24) is 15.2 Å². The maximum atomic E-state index is 13.5. The van der Waals surface area contributed by atoms with Gasteiger partial charge in [0.15, 0.2) is 6.04 Å². The molecule has 3 aliphatic heterocycles. The summed E-state index contributed by atoms with van der Waals surface area (Å²) in [5.41, 5.74) is 0.113. The Labute approximate surface area is 279 Å². The third kappa shape index (κ3) is 5.52. The number of thioether (sulfide) groups is 2. The van der Waals surface area contributed by atoms with Crippen molar-refractivity contribution >= 4 is 84.6 Å². The number of fused-ring (bicyclic) bond motifs is 4. The minimum absolute atomic E-state index is 0.0420. The van der Waals surface area contributed by atoms with Crippen LogP contribution in [0, 0.1) is 0 Å². The van der Waals surface area contributed by atoms with Crippen LogP contribution in [0.15, 0.2) is 76.9 Å². The van der Waals surface area contributed by atoms with Crippen molar-refractivity contribution in [1.29, 1.82) is 0 Å². The summed E-state index contributed by atoms with van der Waals surface area (Å²) < 4.78 is 12.5. The Morgan fingerprint density at radius 2 is 1.91 bits per heavy atom. The van der Waals surface area contributed by atoms with Gasteiger partial charge in [-0.2, -0.15) is 0 Å². The van der Waals surface area contributed by atoms with Gasteiger partial charge in [0, 0.05) is 29.6 Å². The number of carbonyl (C=O) groups excluding carboxylic acids is 2. The normalized spacial score (nSPS) is 22.2. The maximum Gasteiger partial charge on any atom is 0.352 e. The Morgan fingerprint density at radius 1 is 1.11 bits per heavy atom. The molecule has 12 nitrogen and oxygen atoms in total. The summed E-state index contributed by atoms with van der Waals surface area (Å²) >= 11 is 4.13. The highest BCUT2D eigenvalue weighted by Crippen LogP contribution is 2.47. The number of nitrogens with zero attached hydrogens (tertiary/aromatic N) is 3. The molecule has 3 atom stereocenters. The van der Waals surface area contributed by atoms with Crippen LogP contribution in [0.25, 0.3) is 21.0 Å². The van der Waals surface area contributed by atoms with Gasteiger partial charge in [-0.25, -0.2) is 14.6 Å². The lowest BCUT2D eigenvalue weighted by atomic mass is 9.97. The van der Waals surface area contributed by atoms with E-state index in [9.17, 15) is 29.4 Å². The van der Waals surface area contributed by atoms with E-state index in [1.807, 2.05) is 42.5 Å². The first-order chi connectivity index (χ1) is 22.7. The van der Waals surface area contributed by atoms with E-state index in [1.165, 1.54) is 42.0 Å². The minimum atomic E-state index is -1.68. The highest BCUT2D eigenvalue weighted by atomic mass is 32.2. The van der Waals surface area contributed by atoms with Crippen LogP contribution in [0.2, 0.25) is 0 Å². The molecule has 7 rings (SSSR count). The topological polar surface area (TPSA) is 168 Å². The number of carbonyl (C=O) groups is 4. The molecule has 47 heavy (non-hydrogen) atoms. The van der Waals surface area contributed by atoms with E-state index in [0.717, 1.165) is 31.5 Å². The van der Waals surface area contributed by atoms with Crippen molar-refractivity contribution in [3.05, 3.63) is 82.5 Å². The molecule has 240 valence electrons. The molecule has 3 aromatic carbocycles. The van der Waals surface area contributed by atoms with Crippen LogP contribution in [-0.2, 0) is 30.3 Å². The number of aliphatic imine (C=N–C) groups is 1. The van der Waals surface area contributed by atoms with Crippen LogP contribution in [-0.4, -0.2) is 91.3 Å². The first-order valence-corrected chi connectivity index (χ1v) is 17.2. The van der Waals surface area contributed by atoms with Gasteiger partial charge in [0.1, 0.15) is 33.5 Å². The second-order valence-electron chi connectivity index (χ2n) is 10.9. The van der Waals surface area contributed by atoms with Gasteiger partial charge < -0.3 is 25.0 Å². The van der Waals surface area contributed by atoms with Crippen molar-refractivity contribution in [2.45, 2.75) is 23.6 Å². The van der Waals surface area contributed by atoms with E-state index in [1.54, 1.807) is 18.2 Å². The minimum Gasteiger partial charge on any atom is -0.489 e. The largest absolute Gasteiger partial charge is 0.489 e. The van der Waals surface area contributed by atoms with E-state index in [-0.39, 0.29) is 24.5 Å². The number of carboxylic acids is 2. The molecule has 1 saturated heterocycles. The van der Waals surface area contributed by atoms with Gasteiger partial charge in [0.25, 0.3) is 11.6 Å². The maximum absolute atomic E-state index is 13.5. The molecular formula is C32H26N4O8S3. The van der Waals surface area contributed by atoms with Crippen molar-refractivity contribution in [3.8, 4) is 5.75 Å². The summed E-state index contributed by atoms with van der Waals surface area (Å²) in [5, 5.41) is 24.5. The standard InChI is InChI=1S/C32H26N4O8S3/c1-43-32(35-23(37)11-16-5-3-2-4-6-16)30(42)36-24(29(40)41)18(14-46-31(32)36)13-44-19-8-9-20-17(12-19)7-10-21-25(20)47-27(33-21)26-34-22(15-45-26)28(38)39/h2-10,12,22,31H,11,13-15H2,1H3,(H,35,37)(H,38,39)(H,40,41)/t22?,31?,32-/m0/s1. The fourth-order valence-electron chi connectivity index (χ4n) is 5.75. The summed E-state index contributed by atoms with van der Waals surface area (Å²) in [4.78, 5) is 60.2. The van der Waals surface area contributed by atoms with E-state index in [2.05, 4.69) is 15.3 Å². The molecule has 4 aromatic rings. The predicted molar refractivity (Wildman–Crippen MR) is 179 cm³/mol. The zero-order valence-corrected chi connectivity index (χ0v) is 27.1. The molecule has 3 aliphatic rings. The fraction of sp³-hybridized carbons (Fsp3) is 0.250. The molecule has 0 radical (unpaired) electrons. The molecular weight excluding hydrogens is 665 g/mol. The van der Waals surface area contributed by atoms with Gasteiger partial charge >= 0.3 is 11.9 Å². The van der Waals surface area contributed by atoms with Crippen LogP contribution in [0.4, 0.5) is 0 Å². The molecule has 3 N–H and O–H groups in total. The van der Waals surface area contributed by atoms with Crippen LogP contribution in [0.5, 0.6) is 5.75 Å². The number of hydrogen-bond acceptors (Lipinski definition) is 11. The summed E-state index contributed by atoms with van der Waals surface area (Å²) in [5.74, 6) is -2.16. The van der Waals surface area contributed by atoms with Gasteiger partial charge in [-0.15, -0.1) is 34.9 Å². The average molecular weight is 691 g/mol.